The van der Waals surface area contributed by atoms with Crippen molar-refractivity contribution in [2.24, 2.45) is 5.92 Å². The summed E-state index contributed by atoms with van der Waals surface area (Å²) in [6, 6.07) is 0.0279. The van der Waals surface area contributed by atoms with Gasteiger partial charge in [0.05, 0.1) is 32.5 Å². The first kappa shape index (κ1) is 13.8. The summed E-state index contributed by atoms with van der Waals surface area (Å²) in [5, 5.41) is 11.8. The minimum absolute atomic E-state index is 0.0279. The number of rotatable bonds is 9. The largest absolute Gasteiger partial charge is 0.395 e. The molecule has 0 spiro atoms. The molecule has 1 unspecified atom stereocenters. The molecule has 4 heteroatoms. The number of likely N-dealkylation sites (N-methyl/N-ethyl adjacent to an activating group) is 1. The fourth-order valence-electron chi connectivity index (χ4n) is 0.890. The lowest BCUT2D eigenvalue weighted by Crippen LogP contribution is -2.34. The van der Waals surface area contributed by atoms with Gasteiger partial charge in [-0.05, 0) is 13.0 Å². The molecule has 14 heavy (non-hydrogen) atoms. The summed E-state index contributed by atoms with van der Waals surface area (Å²) in [5.41, 5.74) is 0. The fraction of sp³-hybridized carbons (Fsp3) is 1.00. The molecular weight excluding hydrogens is 182 g/mol. The normalized spacial score (nSPS) is 13.5. The Morgan fingerprint density at radius 1 is 1.14 bits per heavy atom. The van der Waals surface area contributed by atoms with Crippen LogP contribution in [0.1, 0.15) is 13.8 Å². The Morgan fingerprint density at radius 2 is 1.71 bits per heavy atom. The Kier molecular flexibility index (Phi) is 9.29. The van der Waals surface area contributed by atoms with Crippen molar-refractivity contribution >= 4 is 0 Å². The van der Waals surface area contributed by atoms with E-state index < -0.39 is 0 Å². The molecule has 0 aromatic rings. The number of nitrogens with one attached hydrogen (secondary N) is 1. The first-order valence-electron chi connectivity index (χ1n) is 5.14. The maximum Gasteiger partial charge on any atom is 0.0701 e. The SMILES string of the molecule is CNC(CO)COCCOCC(C)C. The van der Waals surface area contributed by atoms with E-state index in [1.54, 1.807) is 7.05 Å². The number of ether oxygens (including phenoxy) is 2. The maximum atomic E-state index is 8.83. The molecule has 2 N–H and O–H groups in total. The molecule has 0 aliphatic rings. The highest BCUT2D eigenvalue weighted by Crippen LogP contribution is 1.92. The van der Waals surface area contributed by atoms with Gasteiger partial charge in [0.15, 0.2) is 0 Å². The van der Waals surface area contributed by atoms with E-state index in [2.05, 4.69) is 19.2 Å². The van der Waals surface area contributed by atoms with Gasteiger partial charge in [-0.25, -0.2) is 0 Å². The standard InChI is InChI=1S/C10H23NO3/c1-9(2)7-13-4-5-14-8-10(6-12)11-3/h9-12H,4-8H2,1-3H3. The van der Waals surface area contributed by atoms with Crippen LogP contribution in [-0.4, -0.2) is 51.2 Å². The van der Waals surface area contributed by atoms with Crippen LogP contribution in [0.2, 0.25) is 0 Å². The van der Waals surface area contributed by atoms with Gasteiger partial charge in [0.1, 0.15) is 0 Å². The zero-order valence-corrected chi connectivity index (χ0v) is 9.45. The summed E-state index contributed by atoms with van der Waals surface area (Å²) in [6.45, 7) is 6.85. The van der Waals surface area contributed by atoms with Gasteiger partial charge in [-0.3, -0.25) is 0 Å². The molecule has 0 aliphatic heterocycles. The van der Waals surface area contributed by atoms with Crippen molar-refractivity contribution in [1.82, 2.24) is 5.32 Å². The van der Waals surface area contributed by atoms with E-state index in [0.717, 1.165) is 6.61 Å². The number of hydrogen-bond acceptors (Lipinski definition) is 4. The van der Waals surface area contributed by atoms with E-state index in [0.29, 0.717) is 25.7 Å². The van der Waals surface area contributed by atoms with Gasteiger partial charge in [-0.2, -0.15) is 0 Å². The lowest BCUT2D eigenvalue weighted by Gasteiger charge is -2.13. The van der Waals surface area contributed by atoms with E-state index in [9.17, 15) is 0 Å². The summed E-state index contributed by atoms with van der Waals surface area (Å²) < 4.78 is 10.6. The zero-order chi connectivity index (χ0) is 10.8. The van der Waals surface area contributed by atoms with Gasteiger partial charge in [-0.1, -0.05) is 13.8 Å². The van der Waals surface area contributed by atoms with Crippen LogP contribution in [0.3, 0.4) is 0 Å². The molecule has 0 rings (SSSR count). The van der Waals surface area contributed by atoms with Gasteiger partial charge < -0.3 is 19.9 Å². The van der Waals surface area contributed by atoms with Gasteiger partial charge >= 0.3 is 0 Å². The predicted octanol–water partition coefficient (Wildman–Crippen LogP) is 0.256. The molecule has 0 aliphatic carbocycles. The second-order valence-corrected chi connectivity index (χ2v) is 3.71. The average molecular weight is 205 g/mol. The molecule has 0 saturated carbocycles. The van der Waals surface area contributed by atoms with Gasteiger partial charge in [0.25, 0.3) is 0 Å². The van der Waals surface area contributed by atoms with E-state index in [4.69, 9.17) is 14.6 Å². The fourth-order valence-corrected chi connectivity index (χ4v) is 0.890. The highest BCUT2D eigenvalue weighted by Gasteiger charge is 2.02. The first-order valence-corrected chi connectivity index (χ1v) is 5.14. The quantitative estimate of drug-likeness (QED) is 0.530. The summed E-state index contributed by atoms with van der Waals surface area (Å²) in [5.74, 6) is 0.567. The molecule has 0 aromatic heterocycles. The third kappa shape index (κ3) is 8.44. The second kappa shape index (κ2) is 9.40. The summed E-state index contributed by atoms with van der Waals surface area (Å²) in [4.78, 5) is 0. The zero-order valence-electron chi connectivity index (χ0n) is 9.45. The van der Waals surface area contributed by atoms with Crippen LogP contribution in [0.5, 0.6) is 0 Å². The van der Waals surface area contributed by atoms with Crippen LogP contribution in [0.4, 0.5) is 0 Å². The third-order valence-electron chi connectivity index (χ3n) is 1.77. The topological polar surface area (TPSA) is 50.7 Å². The molecule has 0 heterocycles. The lowest BCUT2D eigenvalue weighted by atomic mass is 10.2. The molecular formula is C10H23NO3. The second-order valence-electron chi connectivity index (χ2n) is 3.71. The summed E-state index contributed by atoms with van der Waals surface area (Å²) in [7, 11) is 1.81. The van der Waals surface area contributed by atoms with E-state index in [-0.39, 0.29) is 12.6 Å². The third-order valence-corrected chi connectivity index (χ3v) is 1.77. The van der Waals surface area contributed by atoms with Crippen molar-refractivity contribution in [1.29, 1.82) is 0 Å². The van der Waals surface area contributed by atoms with E-state index >= 15 is 0 Å². The van der Waals surface area contributed by atoms with Gasteiger partial charge in [0, 0.05) is 6.61 Å². The predicted molar refractivity (Wildman–Crippen MR) is 56.4 cm³/mol. The highest BCUT2D eigenvalue weighted by molar-refractivity contribution is 4.59. The van der Waals surface area contributed by atoms with Crippen molar-refractivity contribution in [2.75, 3.05) is 40.1 Å². The Morgan fingerprint density at radius 3 is 2.14 bits per heavy atom. The molecule has 1 atom stereocenters. The lowest BCUT2D eigenvalue weighted by molar-refractivity contribution is 0.0252. The molecule has 0 saturated heterocycles. The van der Waals surface area contributed by atoms with E-state index in [1.807, 2.05) is 0 Å². The maximum absolute atomic E-state index is 8.83. The molecule has 0 fully saturated rings. The number of aliphatic hydroxyl groups excluding tert-OH is 1. The average Bonchev–Trinajstić information content (AvgIpc) is 2.16. The summed E-state index contributed by atoms with van der Waals surface area (Å²) in [6.07, 6.45) is 0. The molecule has 4 nitrogen and oxygen atoms in total. The van der Waals surface area contributed by atoms with Gasteiger partial charge in [0.2, 0.25) is 0 Å². The molecule has 0 amide bonds. The molecule has 0 radical (unpaired) electrons. The van der Waals surface area contributed by atoms with Crippen LogP contribution in [0.15, 0.2) is 0 Å². The monoisotopic (exact) mass is 205 g/mol. The van der Waals surface area contributed by atoms with Crippen LogP contribution in [0, 0.1) is 5.92 Å². The smallest absolute Gasteiger partial charge is 0.0701 e. The minimum atomic E-state index is 0.0279. The van der Waals surface area contributed by atoms with Crippen molar-refractivity contribution < 1.29 is 14.6 Å². The first-order chi connectivity index (χ1) is 6.70. The van der Waals surface area contributed by atoms with Crippen LogP contribution < -0.4 is 5.32 Å². The van der Waals surface area contributed by atoms with Crippen LogP contribution in [-0.2, 0) is 9.47 Å². The Balaban J connectivity index is 3.12. The van der Waals surface area contributed by atoms with Gasteiger partial charge in [-0.15, -0.1) is 0 Å². The van der Waals surface area contributed by atoms with Crippen LogP contribution >= 0.6 is 0 Å². The van der Waals surface area contributed by atoms with Crippen molar-refractivity contribution in [3.8, 4) is 0 Å². The molecule has 0 bridgehead atoms. The van der Waals surface area contributed by atoms with Crippen molar-refractivity contribution in [3.63, 3.8) is 0 Å². The van der Waals surface area contributed by atoms with Crippen molar-refractivity contribution in [3.05, 3.63) is 0 Å². The minimum Gasteiger partial charge on any atom is -0.395 e. The Bertz CT molecular complexity index is 116. The van der Waals surface area contributed by atoms with Crippen LogP contribution in [0.25, 0.3) is 0 Å². The number of aliphatic hydroxyl groups is 1. The highest BCUT2D eigenvalue weighted by atomic mass is 16.5. The Hall–Kier alpha value is -0.160. The molecule has 0 aromatic carbocycles. The summed E-state index contributed by atoms with van der Waals surface area (Å²) >= 11 is 0. The Labute approximate surface area is 86.6 Å². The van der Waals surface area contributed by atoms with E-state index in [1.165, 1.54) is 0 Å². The number of hydrogen-bond donors (Lipinski definition) is 2. The van der Waals surface area contributed by atoms with Crippen molar-refractivity contribution in [2.45, 2.75) is 19.9 Å². The molecule has 86 valence electrons.